The molecule has 0 aliphatic carbocycles. The van der Waals surface area contributed by atoms with Gasteiger partial charge in [-0.3, -0.25) is 5.21 Å². The molecule has 0 saturated heterocycles. The van der Waals surface area contributed by atoms with Gasteiger partial charge in [0.1, 0.15) is 5.60 Å². The highest BCUT2D eigenvalue weighted by Crippen LogP contribution is 2.30. The molecule has 0 aliphatic rings. The zero-order chi connectivity index (χ0) is 15.6. The van der Waals surface area contributed by atoms with Crippen molar-refractivity contribution in [1.82, 2.24) is 10.0 Å². The fraction of sp³-hybridized carbons (Fsp3) is 0.438. The summed E-state index contributed by atoms with van der Waals surface area (Å²) in [7, 11) is 0. The Morgan fingerprint density at radius 3 is 2.67 bits per heavy atom. The number of hydrogen-bond acceptors (Lipinski definition) is 3. The van der Waals surface area contributed by atoms with Crippen LogP contribution in [0.1, 0.15) is 45.7 Å². The number of benzene rings is 1. The predicted molar refractivity (Wildman–Crippen MR) is 81.2 cm³/mol. The molecule has 0 fully saturated rings. The van der Waals surface area contributed by atoms with Gasteiger partial charge < -0.3 is 9.72 Å². The van der Waals surface area contributed by atoms with Gasteiger partial charge in [0.15, 0.2) is 0 Å². The van der Waals surface area contributed by atoms with Crippen LogP contribution in [-0.2, 0) is 4.74 Å². The molecule has 0 saturated carbocycles. The highest BCUT2D eigenvalue weighted by atomic mass is 16.6. The molecule has 21 heavy (non-hydrogen) atoms. The Morgan fingerprint density at radius 2 is 2.05 bits per heavy atom. The molecule has 0 radical (unpaired) electrons. The van der Waals surface area contributed by atoms with Crippen molar-refractivity contribution in [2.45, 2.75) is 45.8 Å². The van der Waals surface area contributed by atoms with Gasteiger partial charge in [0.25, 0.3) is 0 Å². The number of nitrogens with zero attached hydrogens (tertiary/aromatic N) is 1. The second-order valence-electron chi connectivity index (χ2n) is 6.04. The summed E-state index contributed by atoms with van der Waals surface area (Å²) < 4.78 is 5.22. The number of carbonyl (C=O) groups is 1. The lowest BCUT2D eigenvalue weighted by Gasteiger charge is -2.28. The summed E-state index contributed by atoms with van der Waals surface area (Å²) in [6, 6.07) is 7.35. The fourth-order valence-corrected chi connectivity index (χ4v) is 2.33. The maximum absolute atomic E-state index is 12.0. The van der Waals surface area contributed by atoms with E-state index in [2.05, 4.69) is 4.98 Å². The lowest BCUT2D eigenvalue weighted by Crippen LogP contribution is -2.36. The minimum absolute atomic E-state index is 0.448. The molecule has 1 aromatic carbocycles. The van der Waals surface area contributed by atoms with Crippen molar-refractivity contribution < 1.29 is 14.7 Å². The number of hydroxylamine groups is 2. The van der Waals surface area contributed by atoms with Crippen LogP contribution in [0, 0.1) is 0 Å². The SMILES string of the molecule is CCC(c1c[nH]c2ccccc12)N(O)C(=O)OC(C)(C)C. The minimum Gasteiger partial charge on any atom is -0.442 e. The third-order valence-electron chi connectivity index (χ3n) is 3.24. The summed E-state index contributed by atoms with van der Waals surface area (Å²) in [4.78, 5) is 15.2. The zero-order valence-electron chi connectivity index (χ0n) is 12.9. The minimum atomic E-state index is -0.736. The molecule has 1 heterocycles. The summed E-state index contributed by atoms with van der Waals surface area (Å²) in [5.74, 6) is 0. The van der Waals surface area contributed by atoms with Crippen LogP contribution >= 0.6 is 0 Å². The van der Waals surface area contributed by atoms with Crippen molar-refractivity contribution in [1.29, 1.82) is 0 Å². The first-order valence-electron chi connectivity index (χ1n) is 7.10. The number of aromatic amines is 1. The lowest BCUT2D eigenvalue weighted by molar-refractivity contribution is -0.122. The third kappa shape index (κ3) is 3.36. The number of aromatic nitrogens is 1. The molecule has 2 rings (SSSR count). The maximum Gasteiger partial charge on any atom is 0.434 e. The quantitative estimate of drug-likeness (QED) is 0.656. The van der Waals surface area contributed by atoms with Gasteiger partial charge >= 0.3 is 6.09 Å². The highest BCUT2D eigenvalue weighted by Gasteiger charge is 2.28. The largest absolute Gasteiger partial charge is 0.442 e. The van der Waals surface area contributed by atoms with Crippen LogP contribution in [0.2, 0.25) is 0 Å². The molecule has 5 heteroatoms. The van der Waals surface area contributed by atoms with Crippen molar-refractivity contribution >= 4 is 17.0 Å². The molecule has 1 atom stereocenters. The summed E-state index contributed by atoms with van der Waals surface area (Å²) >= 11 is 0. The van der Waals surface area contributed by atoms with E-state index in [-0.39, 0.29) is 0 Å². The molecule has 2 N–H and O–H groups in total. The van der Waals surface area contributed by atoms with Gasteiger partial charge in [0.2, 0.25) is 0 Å². The summed E-state index contributed by atoms with van der Waals surface area (Å²) in [6.45, 7) is 7.22. The van der Waals surface area contributed by atoms with E-state index in [4.69, 9.17) is 4.74 Å². The fourth-order valence-electron chi connectivity index (χ4n) is 2.33. The van der Waals surface area contributed by atoms with Crippen LogP contribution in [0.25, 0.3) is 10.9 Å². The Hall–Kier alpha value is -2.01. The van der Waals surface area contributed by atoms with E-state index < -0.39 is 17.7 Å². The Kier molecular flexibility index (Phi) is 4.23. The topological polar surface area (TPSA) is 65.6 Å². The number of ether oxygens (including phenoxy) is 1. The van der Waals surface area contributed by atoms with Gasteiger partial charge in [-0.2, -0.15) is 5.06 Å². The molecule has 0 aliphatic heterocycles. The zero-order valence-corrected chi connectivity index (χ0v) is 12.9. The normalized spacial score (nSPS) is 13.2. The number of hydrogen-bond donors (Lipinski definition) is 2. The van der Waals surface area contributed by atoms with Crippen LogP contribution in [0.5, 0.6) is 0 Å². The predicted octanol–water partition coefficient (Wildman–Crippen LogP) is 4.25. The second-order valence-corrected chi connectivity index (χ2v) is 6.04. The van der Waals surface area contributed by atoms with Gasteiger partial charge in [-0.05, 0) is 33.3 Å². The van der Waals surface area contributed by atoms with Gasteiger partial charge in [-0.15, -0.1) is 0 Å². The van der Waals surface area contributed by atoms with Crippen LogP contribution in [0.15, 0.2) is 30.5 Å². The molecule has 114 valence electrons. The van der Waals surface area contributed by atoms with Crippen molar-refractivity contribution in [2.24, 2.45) is 0 Å². The van der Waals surface area contributed by atoms with Crippen LogP contribution in [0.3, 0.4) is 0 Å². The molecule has 1 aromatic heterocycles. The summed E-state index contributed by atoms with van der Waals surface area (Å²) in [6.07, 6.45) is 1.67. The number of para-hydroxylation sites is 1. The Balaban J connectivity index is 2.29. The van der Waals surface area contributed by atoms with Gasteiger partial charge in [-0.25, -0.2) is 4.79 Å². The van der Waals surface area contributed by atoms with Crippen molar-refractivity contribution in [2.75, 3.05) is 0 Å². The lowest BCUT2D eigenvalue weighted by atomic mass is 10.0. The van der Waals surface area contributed by atoms with Crippen LogP contribution in [-0.4, -0.2) is 26.9 Å². The molecule has 1 amide bonds. The van der Waals surface area contributed by atoms with Gasteiger partial charge in [-0.1, -0.05) is 25.1 Å². The van der Waals surface area contributed by atoms with E-state index in [1.807, 2.05) is 37.4 Å². The van der Waals surface area contributed by atoms with Gasteiger partial charge in [0.05, 0.1) is 6.04 Å². The highest BCUT2D eigenvalue weighted by molar-refractivity contribution is 5.84. The van der Waals surface area contributed by atoms with Crippen molar-refractivity contribution in [3.8, 4) is 0 Å². The average Bonchev–Trinajstić information content (AvgIpc) is 2.82. The molecular formula is C16H22N2O3. The van der Waals surface area contributed by atoms with Crippen molar-refractivity contribution in [3.05, 3.63) is 36.0 Å². The first kappa shape index (κ1) is 15.4. The smallest absolute Gasteiger partial charge is 0.434 e. The second kappa shape index (κ2) is 5.77. The average molecular weight is 290 g/mol. The van der Waals surface area contributed by atoms with Crippen LogP contribution in [0.4, 0.5) is 4.79 Å². The van der Waals surface area contributed by atoms with Crippen molar-refractivity contribution in [3.63, 3.8) is 0 Å². The van der Waals surface area contributed by atoms with E-state index in [0.717, 1.165) is 16.5 Å². The number of amides is 1. The van der Waals surface area contributed by atoms with E-state index in [1.165, 1.54) is 0 Å². The summed E-state index contributed by atoms with van der Waals surface area (Å²) in [5.41, 5.74) is 1.21. The summed E-state index contributed by atoms with van der Waals surface area (Å²) in [5, 5.41) is 11.9. The number of nitrogens with one attached hydrogen (secondary N) is 1. The first-order valence-corrected chi connectivity index (χ1v) is 7.10. The Bertz CT molecular complexity index is 628. The van der Waals surface area contributed by atoms with Gasteiger partial charge in [0, 0.05) is 22.7 Å². The number of rotatable bonds is 3. The third-order valence-corrected chi connectivity index (χ3v) is 3.24. The molecule has 5 nitrogen and oxygen atoms in total. The monoisotopic (exact) mass is 290 g/mol. The maximum atomic E-state index is 12.0. The van der Waals surface area contributed by atoms with E-state index >= 15 is 0 Å². The van der Waals surface area contributed by atoms with Crippen LogP contribution < -0.4 is 0 Å². The number of carbonyl (C=O) groups excluding carboxylic acids is 1. The van der Waals surface area contributed by atoms with E-state index in [9.17, 15) is 10.0 Å². The first-order chi connectivity index (χ1) is 9.83. The molecular weight excluding hydrogens is 268 g/mol. The molecule has 1 unspecified atom stereocenters. The Labute approximate surface area is 124 Å². The number of H-pyrrole nitrogens is 1. The van der Waals surface area contributed by atoms with E-state index in [0.29, 0.717) is 11.5 Å². The molecule has 0 bridgehead atoms. The molecule has 0 spiro atoms. The Morgan fingerprint density at radius 1 is 1.38 bits per heavy atom. The number of fused-ring (bicyclic) bond motifs is 1. The van der Waals surface area contributed by atoms with E-state index in [1.54, 1.807) is 20.8 Å². The standard InChI is InChI=1S/C16H22N2O3/c1-5-14(18(20)15(19)21-16(2,3)4)12-10-17-13-9-7-6-8-11(12)13/h6-10,14,17,20H,5H2,1-4H3. The molecule has 2 aromatic rings.